The summed E-state index contributed by atoms with van der Waals surface area (Å²) in [7, 11) is 0. The molecule has 6 heteroatoms. The molecule has 0 unspecified atom stereocenters. The maximum absolute atomic E-state index is 13.3. The Morgan fingerprint density at radius 2 is 1.91 bits per heavy atom. The minimum absolute atomic E-state index is 0.393. The highest BCUT2D eigenvalue weighted by Gasteiger charge is 2.19. The number of likely N-dealkylation sites (tertiary alicyclic amines) is 1. The van der Waals surface area contributed by atoms with E-state index in [1.807, 2.05) is 12.1 Å². The number of halogens is 3. The van der Waals surface area contributed by atoms with Crippen molar-refractivity contribution in [2.24, 2.45) is 0 Å². The Kier molecular flexibility index (Phi) is 5.23. The molecule has 2 heterocycles. The minimum atomic E-state index is -0.793. The predicted octanol–water partition coefficient (Wildman–Crippen LogP) is 4.20. The van der Waals surface area contributed by atoms with Gasteiger partial charge in [-0.15, -0.1) is 0 Å². The number of hydrogen-bond acceptors (Lipinski definition) is 3. The topological polar surface area (TPSA) is 28.2 Å². The number of anilines is 1. The van der Waals surface area contributed by atoms with Crippen molar-refractivity contribution in [1.82, 2.24) is 9.88 Å². The van der Waals surface area contributed by atoms with Crippen LogP contribution in [0.1, 0.15) is 18.4 Å². The first-order valence-corrected chi connectivity index (χ1v) is 8.44. The van der Waals surface area contributed by atoms with Crippen LogP contribution in [0.15, 0.2) is 41.0 Å². The first kappa shape index (κ1) is 16.3. The van der Waals surface area contributed by atoms with E-state index in [4.69, 9.17) is 0 Å². The Hall–Kier alpha value is -1.53. The zero-order valence-corrected chi connectivity index (χ0v) is 14.2. The van der Waals surface area contributed by atoms with Crippen LogP contribution in [-0.4, -0.2) is 29.0 Å². The van der Waals surface area contributed by atoms with Gasteiger partial charge in [0.15, 0.2) is 11.6 Å². The number of rotatable bonds is 4. The Balaban J connectivity index is 1.50. The lowest BCUT2D eigenvalue weighted by atomic mass is 10.0. The van der Waals surface area contributed by atoms with Crippen LogP contribution in [0.25, 0.3) is 0 Å². The molecule has 1 N–H and O–H groups in total. The van der Waals surface area contributed by atoms with E-state index in [0.717, 1.165) is 41.8 Å². The molecule has 0 radical (unpaired) electrons. The second-order valence-electron chi connectivity index (χ2n) is 5.80. The van der Waals surface area contributed by atoms with E-state index in [1.54, 1.807) is 12.3 Å². The smallest absolute Gasteiger partial charge is 0.159 e. The molecule has 0 atom stereocenters. The number of aromatic nitrogens is 1. The number of benzene rings is 1. The summed E-state index contributed by atoms with van der Waals surface area (Å²) in [5.41, 5.74) is 0.810. The molecule has 23 heavy (non-hydrogen) atoms. The van der Waals surface area contributed by atoms with Gasteiger partial charge in [0.2, 0.25) is 0 Å². The van der Waals surface area contributed by atoms with Gasteiger partial charge in [0.25, 0.3) is 0 Å². The van der Waals surface area contributed by atoms with Crippen LogP contribution < -0.4 is 5.32 Å². The quantitative estimate of drug-likeness (QED) is 0.859. The third kappa shape index (κ3) is 4.48. The fourth-order valence-electron chi connectivity index (χ4n) is 2.80. The van der Waals surface area contributed by atoms with Crippen molar-refractivity contribution in [2.75, 3.05) is 18.4 Å². The van der Waals surface area contributed by atoms with Crippen molar-refractivity contribution in [2.45, 2.75) is 25.4 Å². The number of piperidine rings is 1. The molecular weight excluding hydrogens is 364 g/mol. The number of hydrogen-bond donors (Lipinski definition) is 1. The lowest BCUT2D eigenvalue weighted by Crippen LogP contribution is -2.38. The van der Waals surface area contributed by atoms with Crippen LogP contribution in [0.4, 0.5) is 14.6 Å². The Morgan fingerprint density at radius 1 is 1.13 bits per heavy atom. The van der Waals surface area contributed by atoms with Gasteiger partial charge in [-0.2, -0.15) is 0 Å². The van der Waals surface area contributed by atoms with Gasteiger partial charge in [-0.05, 0) is 58.6 Å². The molecule has 1 aromatic carbocycles. The van der Waals surface area contributed by atoms with E-state index >= 15 is 0 Å². The van der Waals surface area contributed by atoms with E-state index in [1.165, 1.54) is 12.1 Å². The molecule has 3 nitrogen and oxygen atoms in total. The fourth-order valence-corrected chi connectivity index (χ4v) is 3.04. The summed E-state index contributed by atoms with van der Waals surface area (Å²) in [6.45, 7) is 2.50. The van der Waals surface area contributed by atoms with Crippen LogP contribution in [0.2, 0.25) is 0 Å². The molecule has 3 rings (SSSR count). The zero-order valence-electron chi connectivity index (χ0n) is 12.6. The SMILES string of the molecule is Fc1ccc(CN2CCC(Nc3ccc(Br)cn3)CC2)cc1F. The monoisotopic (exact) mass is 381 g/mol. The molecule has 1 fully saturated rings. The summed E-state index contributed by atoms with van der Waals surface area (Å²) >= 11 is 3.37. The van der Waals surface area contributed by atoms with Crippen LogP contribution in [-0.2, 0) is 6.54 Å². The molecule has 0 amide bonds. The molecule has 1 saturated heterocycles. The molecule has 0 bridgehead atoms. The van der Waals surface area contributed by atoms with E-state index in [9.17, 15) is 8.78 Å². The van der Waals surface area contributed by atoms with Gasteiger partial charge in [-0.1, -0.05) is 6.07 Å². The highest BCUT2D eigenvalue weighted by Crippen LogP contribution is 2.19. The zero-order chi connectivity index (χ0) is 16.2. The average molecular weight is 382 g/mol. The molecule has 0 saturated carbocycles. The largest absolute Gasteiger partial charge is 0.367 e. The summed E-state index contributed by atoms with van der Waals surface area (Å²) in [5, 5.41) is 3.44. The highest BCUT2D eigenvalue weighted by molar-refractivity contribution is 9.10. The second-order valence-corrected chi connectivity index (χ2v) is 6.72. The van der Waals surface area contributed by atoms with Gasteiger partial charge in [0.1, 0.15) is 5.82 Å². The number of pyridine rings is 1. The lowest BCUT2D eigenvalue weighted by Gasteiger charge is -2.32. The normalized spacial score (nSPS) is 16.5. The van der Waals surface area contributed by atoms with E-state index in [0.29, 0.717) is 12.6 Å². The second kappa shape index (κ2) is 7.36. The minimum Gasteiger partial charge on any atom is -0.367 e. The number of nitrogens with one attached hydrogen (secondary N) is 1. The molecule has 0 spiro atoms. The van der Waals surface area contributed by atoms with Crippen LogP contribution >= 0.6 is 15.9 Å². The first-order valence-electron chi connectivity index (χ1n) is 7.64. The summed E-state index contributed by atoms with van der Waals surface area (Å²) in [6.07, 6.45) is 3.78. The Labute approximate surface area is 142 Å². The van der Waals surface area contributed by atoms with Gasteiger partial charge >= 0.3 is 0 Å². The van der Waals surface area contributed by atoms with Gasteiger partial charge in [0, 0.05) is 36.3 Å². The Morgan fingerprint density at radius 3 is 2.57 bits per heavy atom. The Bertz CT molecular complexity index is 655. The predicted molar refractivity (Wildman–Crippen MR) is 90.2 cm³/mol. The van der Waals surface area contributed by atoms with Crippen LogP contribution in [0.3, 0.4) is 0 Å². The first-order chi connectivity index (χ1) is 11.1. The van der Waals surface area contributed by atoms with Crippen molar-refractivity contribution >= 4 is 21.7 Å². The molecule has 1 aromatic heterocycles. The lowest BCUT2D eigenvalue weighted by molar-refractivity contribution is 0.211. The van der Waals surface area contributed by atoms with E-state index < -0.39 is 11.6 Å². The van der Waals surface area contributed by atoms with Crippen molar-refractivity contribution < 1.29 is 8.78 Å². The molecule has 122 valence electrons. The van der Waals surface area contributed by atoms with Crippen LogP contribution in [0, 0.1) is 11.6 Å². The summed E-state index contributed by atoms with van der Waals surface area (Å²) < 4.78 is 27.2. The summed E-state index contributed by atoms with van der Waals surface area (Å²) in [4.78, 5) is 6.59. The van der Waals surface area contributed by atoms with E-state index in [-0.39, 0.29) is 0 Å². The third-order valence-corrected chi connectivity index (χ3v) is 4.53. The van der Waals surface area contributed by atoms with Gasteiger partial charge in [-0.25, -0.2) is 13.8 Å². The molecule has 1 aliphatic rings. The maximum Gasteiger partial charge on any atom is 0.159 e. The average Bonchev–Trinajstić information content (AvgIpc) is 2.55. The molecule has 0 aliphatic carbocycles. The van der Waals surface area contributed by atoms with Crippen molar-refractivity contribution in [3.63, 3.8) is 0 Å². The summed E-state index contributed by atoms with van der Waals surface area (Å²) in [6, 6.07) is 8.44. The van der Waals surface area contributed by atoms with Crippen molar-refractivity contribution in [1.29, 1.82) is 0 Å². The maximum atomic E-state index is 13.3. The molecular formula is C17H18BrF2N3. The summed E-state index contributed by atoms with van der Waals surface area (Å²) in [5.74, 6) is -0.689. The van der Waals surface area contributed by atoms with Crippen LogP contribution in [0.5, 0.6) is 0 Å². The molecule has 2 aromatic rings. The van der Waals surface area contributed by atoms with Crippen molar-refractivity contribution in [3.05, 3.63) is 58.2 Å². The molecule has 1 aliphatic heterocycles. The number of nitrogens with zero attached hydrogens (tertiary/aromatic N) is 2. The van der Waals surface area contributed by atoms with E-state index in [2.05, 4.69) is 31.1 Å². The standard InChI is InChI=1S/C17H18BrF2N3/c18-13-2-4-17(21-10-13)22-14-5-7-23(8-6-14)11-12-1-3-15(19)16(20)9-12/h1-4,9-10,14H,5-8,11H2,(H,21,22). The van der Waals surface area contributed by atoms with Gasteiger partial charge in [-0.3, -0.25) is 4.90 Å². The van der Waals surface area contributed by atoms with Crippen molar-refractivity contribution in [3.8, 4) is 0 Å². The highest BCUT2D eigenvalue weighted by atomic mass is 79.9. The third-order valence-electron chi connectivity index (χ3n) is 4.06. The van der Waals surface area contributed by atoms with Gasteiger partial charge in [0.05, 0.1) is 0 Å². The van der Waals surface area contributed by atoms with Gasteiger partial charge < -0.3 is 5.32 Å². The fraction of sp³-hybridized carbons (Fsp3) is 0.353.